The largest absolute Gasteiger partial charge is 0.369 e. The molecule has 0 aliphatic heterocycles. The number of thioether (sulfide) groups is 1. The normalized spacial score (nSPS) is 10.1. The maximum absolute atomic E-state index is 12.2. The number of carbonyl (C=O) groups is 2. The van der Waals surface area contributed by atoms with Crippen molar-refractivity contribution in [3.63, 3.8) is 0 Å². The second-order valence-corrected chi connectivity index (χ2v) is 5.66. The number of hydrogen-bond acceptors (Lipinski definition) is 3. The van der Waals surface area contributed by atoms with Crippen LogP contribution in [0, 0.1) is 6.92 Å². The highest BCUT2D eigenvalue weighted by Gasteiger charge is 2.07. The van der Waals surface area contributed by atoms with E-state index in [1.54, 1.807) is 6.07 Å². The predicted molar refractivity (Wildman–Crippen MR) is 85.5 cm³/mol. The van der Waals surface area contributed by atoms with Gasteiger partial charge in [0.15, 0.2) is 0 Å². The second-order valence-electron chi connectivity index (χ2n) is 4.61. The summed E-state index contributed by atoms with van der Waals surface area (Å²) in [6.45, 7) is 1.94. The fourth-order valence-corrected chi connectivity index (χ4v) is 2.50. The molecule has 0 fully saturated rings. The van der Waals surface area contributed by atoms with Crippen LogP contribution in [0.2, 0.25) is 0 Å². The van der Waals surface area contributed by atoms with Crippen LogP contribution in [0.3, 0.4) is 0 Å². The number of rotatable bonds is 5. The third-order valence-corrected chi connectivity index (χ3v) is 3.77. The highest BCUT2D eigenvalue weighted by molar-refractivity contribution is 8.00. The Bertz CT molecular complexity index is 671. The smallest absolute Gasteiger partial charge is 0.255 e. The number of aryl methyl sites for hydroxylation is 1. The van der Waals surface area contributed by atoms with Gasteiger partial charge in [-0.1, -0.05) is 23.8 Å². The van der Waals surface area contributed by atoms with Crippen molar-refractivity contribution in [1.29, 1.82) is 0 Å². The number of nitrogens with two attached hydrogens (primary N) is 1. The molecule has 2 aromatic rings. The van der Waals surface area contributed by atoms with Gasteiger partial charge in [-0.2, -0.15) is 0 Å². The molecule has 0 saturated heterocycles. The third kappa shape index (κ3) is 4.65. The highest BCUT2D eigenvalue weighted by atomic mass is 32.2. The number of carbonyl (C=O) groups excluding carboxylic acids is 2. The summed E-state index contributed by atoms with van der Waals surface area (Å²) in [6.07, 6.45) is 0. The van der Waals surface area contributed by atoms with Crippen molar-refractivity contribution in [1.82, 2.24) is 0 Å². The van der Waals surface area contributed by atoms with Crippen LogP contribution < -0.4 is 11.1 Å². The molecule has 0 unspecified atom stereocenters. The number of hydrogen-bond donors (Lipinski definition) is 2. The SMILES string of the molecule is Cc1cccc(C(=O)Nc2cccc(SCC(N)=O)c2)c1. The van der Waals surface area contributed by atoms with E-state index in [0.717, 1.165) is 10.5 Å². The Balaban J connectivity index is 2.07. The molecule has 21 heavy (non-hydrogen) atoms. The summed E-state index contributed by atoms with van der Waals surface area (Å²) in [4.78, 5) is 23.8. The first kappa shape index (κ1) is 15.1. The fourth-order valence-electron chi connectivity index (χ4n) is 1.81. The molecule has 0 heterocycles. The maximum atomic E-state index is 12.2. The standard InChI is InChI=1S/C16H16N2O2S/c1-11-4-2-5-12(8-11)16(20)18-13-6-3-7-14(9-13)21-10-15(17)19/h2-9H,10H2,1H3,(H2,17,19)(H,18,20). The quantitative estimate of drug-likeness (QED) is 0.834. The van der Waals surface area contributed by atoms with Crippen LogP contribution in [-0.4, -0.2) is 17.6 Å². The molecule has 3 N–H and O–H groups in total. The first-order chi connectivity index (χ1) is 10.0. The van der Waals surface area contributed by atoms with Gasteiger partial charge in [0, 0.05) is 16.1 Å². The van der Waals surface area contributed by atoms with Crippen molar-refractivity contribution >= 4 is 29.3 Å². The number of amides is 2. The average molecular weight is 300 g/mol. The van der Waals surface area contributed by atoms with Gasteiger partial charge in [0.05, 0.1) is 5.75 Å². The molecule has 0 bridgehead atoms. The molecule has 108 valence electrons. The Morgan fingerprint density at radius 1 is 1.14 bits per heavy atom. The molecular formula is C16H16N2O2S. The first-order valence-electron chi connectivity index (χ1n) is 6.44. The van der Waals surface area contributed by atoms with Gasteiger partial charge in [-0.3, -0.25) is 9.59 Å². The van der Waals surface area contributed by atoms with Crippen LogP contribution in [-0.2, 0) is 4.79 Å². The second kappa shape index (κ2) is 6.95. The average Bonchev–Trinajstić information content (AvgIpc) is 2.45. The number of primary amides is 1. The third-order valence-electron chi connectivity index (χ3n) is 2.75. The van der Waals surface area contributed by atoms with Gasteiger partial charge >= 0.3 is 0 Å². The summed E-state index contributed by atoms with van der Waals surface area (Å²) in [5.41, 5.74) is 7.46. The minimum Gasteiger partial charge on any atom is -0.369 e. The van der Waals surface area contributed by atoms with E-state index in [2.05, 4.69) is 5.32 Å². The minimum absolute atomic E-state index is 0.157. The van der Waals surface area contributed by atoms with Crippen molar-refractivity contribution < 1.29 is 9.59 Å². The van der Waals surface area contributed by atoms with Crippen LogP contribution in [0.25, 0.3) is 0 Å². The summed E-state index contributed by atoms with van der Waals surface area (Å²) < 4.78 is 0. The zero-order chi connectivity index (χ0) is 15.2. The molecular weight excluding hydrogens is 284 g/mol. The molecule has 0 saturated carbocycles. The summed E-state index contributed by atoms with van der Waals surface area (Å²) >= 11 is 1.34. The lowest BCUT2D eigenvalue weighted by Crippen LogP contribution is -2.13. The molecule has 2 aromatic carbocycles. The van der Waals surface area contributed by atoms with Gasteiger partial charge in [0.2, 0.25) is 5.91 Å². The number of benzene rings is 2. The summed E-state index contributed by atoms with van der Waals surface area (Å²) in [6, 6.07) is 14.7. The molecule has 0 atom stereocenters. The van der Waals surface area contributed by atoms with Gasteiger partial charge in [0.25, 0.3) is 5.91 Å². The first-order valence-corrected chi connectivity index (χ1v) is 7.42. The molecule has 2 rings (SSSR count). The van der Waals surface area contributed by atoms with Crippen LogP contribution in [0.1, 0.15) is 15.9 Å². The Labute approximate surface area is 127 Å². The Hall–Kier alpha value is -2.27. The van der Waals surface area contributed by atoms with Gasteiger partial charge in [-0.25, -0.2) is 0 Å². The summed E-state index contributed by atoms with van der Waals surface area (Å²) in [5, 5.41) is 2.85. The van der Waals surface area contributed by atoms with E-state index in [1.807, 2.05) is 49.4 Å². The van der Waals surface area contributed by atoms with Gasteiger partial charge in [-0.15, -0.1) is 11.8 Å². The van der Waals surface area contributed by atoms with Gasteiger partial charge in [0.1, 0.15) is 0 Å². The summed E-state index contributed by atoms with van der Waals surface area (Å²) in [5.74, 6) is -0.306. The Morgan fingerprint density at radius 3 is 2.62 bits per heavy atom. The molecule has 5 heteroatoms. The van der Waals surface area contributed by atoms with Crippen LogP contribution in [0.5, 0.6) is 0 Å². The van der Waals surface area contributed by atoms with Gasteiger partial charge in [-0.05, 0) is 37.3 Å². The van der Waals surface area contributed by atoms with Crippen LogP contribution in [0.4, 0.5) is 5.69 Å². The van der Waals surface area contributed by atoms with E-state index in [-0.39, 0.29) is 17.6 Å². The Morgan fingerprint density at radius 2 is 1.90 bits per heavy atom. The van der Waals surface area contributed by atoms with Crippen molar-refractivity contribution in [3.8, 4) is 0 Å². The van der Waals surface area contributed by atoms with Gasteiger partial charge < -0.3 is 11.1 Å². The highest BCUT2D eigenvalue weighted by Crippen LogP contribution is 2.21. The molecule has 0 aliphatic carbocycles. The lowest BCUT2D eigenvalue weighted by molar-refractivity contribution is -0.115. The monoisotopic (exact) mass is 300 g/mol. The lowest BCUT2D eigenvalue weighted by atomic mass is 10.1. The van der Waals surface area contributed by atoms with Crippen LogP contribution >= 0.6 is 11.8 Å². The van der Waals surface area contributed by atoms with Crippen molar-refractivity contribution in [2.75, 3.05) is 11.1 Å². The van der Waals surface area contributed by atoms with Crippen molar-refractivity contribution in [3.05, 3.63) is 59.7 Å². The maximum Gasteiger partial charge on any atom is 0.255 e. The zero-order valence-electron chi connectivity index (χ0n) is 11.6. The van der Waals surface area contributed by atoms with E-state index in [9.17, 15) is 9.59 Å². The Kier molecular flexibility index (Phi) is 5.00. The van der Waals surface area contributed by atoms with Crippen LogP contribution in [0.15, 0.2) is 53.4 Å². The molecule has 0 radical (unpaired) electrons. The van der Waals surface area contributed by atoms with E-state index in [0.29, 0.717) is 11.3 Å². The minimum atomic E-state index is -0.366. The number of nitrogens with one attached hydrogen (secondary N) is 1. The molecule has 0 aliphatic rings. The fraction of sp³-hybridized carbons (Fsp3) is 0.125. The van der Waals surface area contributed by atoms with E-state index < -0.39 is 0 Å². The topological polar surface area (TPSA) is 72.2 Å². The predicted octanol–water partition coefficient (Wildman–Crippen LogP) is 2.82. The van der Waals surface area contributed by atoms with E-state index in [1.165, 1.54) is 11.8 Å². The zero-order valence-corrected chi connectivity index (χ0v) is 12.4. The van der Waals surface area contributed by atoms with E-state index in [4.69, 9.17) is 5.73 Å². The summed E-state index contributed by atoms with van der Waals surface area (Å²) in [7, 11) is 0. The molecule has 0 aromatic heterocycles. The lowest BCUT2D eigenvalue weighted by Gasteiger charge is -2.07. The molecule has 2 amide bonds. The van der Waals surface area contributed by atoms with Crippen molar-refractivity contribution in [2.24, 2.45) is 5.73 Å². The van der Waals surface area contributed by atoms with Crippen molar-refractivity contribution in [2.45, 2.75) is 11.8 Å². The molecule has 0 spiro atoms. The van der Waals surface area contributed by atoms with E-state index >= 15 is 0 Å². The number of anilines is 1. The molecule has 4 nitrogen and oxygen atoms in total.